The normalized spacial score (nSPS) is 28.8. The molecule has 1 saturated heterocycles. The average Bonchev–Trinajstić information content (AvgIpc) is 2.81. The number of esters is 1. The zero-order valence-corrected chi connectivity index (χ0v) is 16.3. The summed E-state index contributed by atoms with van der Waals surface area (Å²) in [6.07, 6.45) is -2.10. The van der Waals surface area contributed by atoms with E-state index in [0.29, 0.717) is 0 Å². The molecule has 5 atom stereocenters. The molecule has 10 nitrogen and oxygen atoms in total. The molecule has 0 spiro atoms. The van der Waals surface area contributed by atoms with Crippen LogP contribution in [-0.2, 0) is 23.4 Å². The smallest absolute Gasteiger partial charge is 0.468 e. The molecule has 0 bridgehead atoms. The van der Waals surface area contributed by atoms with Gasteiger partial charge in [0.1, 0.15) is 29.4 Å². The number of hydrogen-bond donors (Lipinski definition) is 2. The topological polar surface area (TPSA) is 137 Å². The van der Waals surface area contributed by atoms with Crippen LogP contribution in [0.15, 0.2) is 21.9 Å². The molecule has 1 fully saturated rings. The molecule has 2 rings (SSSR count). The highest BCUT2D eigenvalue weighted by molar-refractivity contribution is 8.50. The van der Waals surface area contributed by atoms with Crippen LogP contribution in [0, 0.1) is 0 Å². The summed E-state index contributed by atoms with van der Waals surface area (Å²) in [5.74, 6) is -0.701. The van der Waals surface area contributed by atoms with Crippen LogP contribution in [0.25, 0.3) is 0 Å². The van der Waals surface area contributed by atoms with Crippen LogP contribution in [0.1, 0.15) is 13.2 Å². The summed E-state index contributed by atoms with van der Waals surface area (Å²) in [4.78, 5) is 34.8. The Balaban J connectivity index is 2.04. The number of H-pyrrole nitrogens is 1. The maximum Gasteiger partial charge on any atom is 0.586 e. The zero-order valence-electron chi connectivity index (χ0n) is 13.8. The van der Waals surface area contributed by atoms with Crippen molar-refractivity contribution < 1.29 is 28.5 Å². The Labute approximate surface area is 157 Å². The molecule has 0 saturated carbocycles. The predicted molar refractivity (Wildman–Crippen MR) is 93.5 cm³/mol. The van der Waals surface area contributed by atoms with Gasteiger partial charge in [0, 0.05) is 12.3 Å². The number of halogens is 1. The lowest BCUT2D eigenvalue weighted by molar-refractivity contribution is -0.137. The number of nitrogens with zero attached hydrogens (tertiary/aromatic N) is 1. The van der Waals surface area contributed by atoms with Gasteiger partial charge in [-0.1, -0.05) is 0 Å². The molecule has 0 amide bonds. The number of hydrogen-bond acceptors (Lipinski definition) is 9. The average molecular weight is 428 g/mol. The monoisotopic (exact) mass is 427 g/mol. The first-order valence-corrected chi connectivity index (χ1v) is 10.4. The van der Waals surface area contributed by atoms with Crippen LogP contribution in [0.4, 0.5) is 0 Å². The van der Waals surface area contributed by atoms with E-state index in [1.807, 2.05) is 0 Å². The van der Waals surface area contributed by atoms with E-state index >= 15 is 0 Å². The third-order valence-corrected chi connectivity index (χ3v) is 6.36. The van der Waals surface area contributed by atoms with Gasteiger partial charge in [-0.15, -0.1) is 16.1 Å². The van der Waals surface area contributed by atoms with Gasteiger partial charge in [-0.3, -0.25) is 19.1 Å². The Morgan fingerprint density at radius 1 is 1.58 bits per heavy atom. The highest BCUT2D eigenvalue weighted by atomic mass is 35.5. The van der Waals surface area contributed by atoms with E-state index in [9.17, 15) is 24.1 Å². The molecule has 1 aliphatic rings. The van der Waals surface area contributed by atoms with Gasteiger partial charge < -0.3 is 14.6 Å². The first-order chi connectivity index (χ1) is 12.2. The molecule has 1 aliphatic heterocycles. The maximum absolute atomic E-state index is 11.9. The Hall–Kier alpha value is -1.23. The SMILES string of the molecule is COC(=O)CS[P+](=O)OC[C@H]1O[C@@H](n2ccc(=O)[nH]c2=O)[C@](C)(Cl)[C@@H]1O. The molecule has 144 valence electrons. The fourth-order valence-corrected chi connectivity index (χ4v) is 4.31. The van der Waals surface area contributed by atoms with Crippen LogP contribution >= 0.6 is 30.2 Å². The van der Waals surface area contributed by atoms with Crippen molar-refractivity contribution in [3.63, 3.8) is 0 Å². The Bertz CT molecular complexity index is 797. The lowest BCUT2D eigenvalue weighted by atomic mass is 10.0. The van der Waals surface area contributed by atoms with Crippen molar-refractivity contribution >= 4 is 36.2 Å². The standard InChI is InChI=1S/C13H16ClN2O8PS/c1-13(14)10(19)7(5-23-25(21)26-6-9(18)22-2)24-11(13)16-4-3-8(17)15-12(16)20/h3-4,7,10-11,19H,5-6H2,1-2H3/p+1/t7-,10-,11-,13-/m1/s1. The van der Waals surface area contributed by atoms with Crippen molar-refractivity contribution in [2.45, 2.75) is 30.2 Å². The molecule has 1 aromatic heterocycles. The van der Waals surface area contributed by atoms with Gasteiger partial charge >= 0.3 is 18.9 Å². The molecule has 26 heavy (non-hydrogen) atoms. The lowest BCUT2D eigenvalue weighted by Crippen LogP contribution is -2.42. The number of aromatic amines is 1. The van der Waals surface area contributed by atoms with Crippen LogP contribution in [0.3, 0.4) is 0 Å². The number of alkyl halides is 1. The summed E-state index contributed by atoms with van der Waals surface area (Å²) in [5.41, 5.74) is -1.33. The Morgan fingerprint density at radius 3 is 2.88 bits per heavy atom. The number of aromatic nitrogens is 2. The van der Waals surface area contributed by atoms with Gasteiger partial charge in [-0.25, -0.2) is 4.79 Å². The van der Waals surface area contributed by atoms with Crippen LogP contribution in [0.5, 0.6) is 0 Å². The molecular formula is C13H17ClN2O8PS+. The lowest BCUT2D eigenvalue weighted by Gasteiger charge is -2.26. The minimum atomic E-state index is -2.25. The van der Waals surface area contributed by atoms with Gasteiger partial charge in [0.2, 0.25) is 0 Å². The summed E-state index contributed by atoms with van der Waals surface area (Å²) in [7, 11) is -1.04. The van der Waals surface area contributed by atoms with Crippen molar-refractivity contribution in [1.82, 2.24) is 9.55 Å². The van der Waals surface area contributed by atoms with Crippen molar-refractivity contribution in [3.05, 3.63) is 33.1 Å². The van der Waals surface area contributed by atoms with Gasteiger partial charge in [-0.2, -0.15) is 0 Å². The summed E-state index contributed by atoms with van der Waals surface area (Å²) < 4.78 is 27.9. The summed E-state index contributed by atoms with van der Waals surface area (Å²) >= 11 is 7.08. The van der Waals surface area contributed by atoms with Gasteiger partial charge in [0.15, 0.2) is 17.6 Å². The van der Waals surface area contributed by atoms with E-state index in [2.05, 4.69) is 9.72 Å². The van der Waals surface area contributed by atoms with E-state index in [4.69, 9.17) is 20.9 Å². The van der Waals surface area contributed by atoms with E-state index in [1.54, 1.807) is 0 Å². The van der Waals surface area contributed by atoms with Crippen LogP contribution in [-0.4, -0.2) is 57.2 Å². The quantitative estimate of drug-likeness (QED) is 0.359. The number of carbonyl (C=O) groups excluding carboxylic acids is 1. The first-order valence-electron chi connectivity index (χ1n) is 7.30. The van der Waals surface area contributed by atoms with E-state index in [-0.39, 0.29) is 12.4 Å². The van der Waals surface area contributed by atoms with Gasteiger partial charge in [0.25, 0.3) is 5.56 Å². The second kappa shape index (κ2) is 8.64. The third kappa shape index (κ3) is 4.73. The molecule has 0 radical (unpaired) electrons. The molecule has 0 aromatic carbocycles. The van der Waals surface area contributed by atoms with E-state index in [0.717, 1.165) is 22.0 Å². The zero-order chi connectivity index (χ0) is 19.5. The van der Waals surface area contributed by atoms with Gasteiger partial charge in [0.05, 0.1) is 7.11 Å². The third-order valence-electron chi connectivity index (χ3n) is 3.68. The molecule has 13 heteroatoms. The van der Waals surface area contributed by atoms with Crippen LogP contribution in [0.2, 0.25) is 0 Å². The van der Waals surface area contributed by atoms with Crippen molar-refractivity contribution in [2.24, 2.45) is 0 Å². The fraction of sp³-hybridized carbons (Fsp3) is 0.615. The number of rotatable bonds is 7. The van der Waals surface area contributed by atoms with E-state index in [1.165, 1.54) is 20.2 Å². The largest absolute Gasteiger partial charge is 0.586 e. The number of nitrogens with one attached hydrogen (secondary N) is 1. The van der Waals surface area contributed by atoms with Crippen LogP contribution < -0.4 is 11.2 Å². The summed E-state index contributed by atoms with van der Waals surface area (Å²) in [6.45, 7) is 1.19. The summed E-state index contributed by atoms with van der Waals surface area (Å²) in [6, 6.07) is 1.12. The summed E-state index contributed by atoms with van der Waals surface area (Å²) in [5, 5.41) is 10.4. The molecule has 2 heterocycles. The fourth-order valence-electron chi connectivity index (χ4n) is 2.30. The number of methoxy groups -OCH3 is 1. The Morgan fingerprint density at radius 2 is 2.27 bits per heavy atom. The second-order valence-electron chi connectivity index (χ2n) is 5.51. The van der Waals surface area contributed by atoms with Crippen molar-refractivity contribution in [3.8, 4) is 0 Å². The number of carbonyl (C=O) groups is 1. The highest BCUT2D eigenvalue weighted by Gasteiger charge is 2.54. The molecule has 0 aliphatic carbocycles. The molecule has 2 N–H and O–H groups in total. The van der Waals surface area contributed by atoms with Gasteiger partial charge in [-0.05, 0) is 11.5 Å². The first kappa shape index (κ1) is 21.1. The highest BCUT2D eigenvalue weighted by Crippen LogP contribution is 2.45. The van der Waals surface area contributed by atoms with E-state index < -0.39 is 47.8 Å². The molecule has 1 aromatic rings. The Kier molecular flexibility index (Phi) is 7.00. The molecule has 1 unspecified atom stereocenters. The predicted octanol–water partition coefficient (Wildman–Crippen LogP) is 0.373. The number of aliphatic hydroxyl groups excluding tert-OH is 1. The minimum Gasteiger partial charge on any atom is -0.468 e. The van der Waals surface area contributed by atoms with Crippen molar-refractivity contribution in [2.75, 3.05) is 19.5 Å². The second-order valence-corrected chi connectivity index (χ2v) is 9.25. The maximum atomic E-state index is 11.9. The minimum absolute atomic E-state index is 0.150. The number of ether oxygens (including phenoxy) is 2. The molecular weight excluding hydrogens is 411 g/mol. The number of aliphatic hydroxyl groups is 1. The van der Waals surface area contributed by atoms with Crippen molar-refractivity contribution in [1.29, 1.82) is 0 Å².